The van der Waals surface area contributed by atoms with Gasteiger partial charge in [0.1, 0.15) is 0 Å². The quantitative estimate of drug-likeness (QED) is 0.878. The maximum atomic E-state index is 12.5. The Morgan fingerprint density at radius 3 is 3.05 bits per heavy atom. The van der Waals surface area contributed by atoms with Crippen molar-refractivity contribution in [2.75, 3.05) is 0 Å². The number of carbonyl (C=O) groups is 1. The van der Waals surface area contributed by atoms with Gasteiger partial charge in [-0.1, -0.05) is 37.6 Å². The summed E-state index contributed by atoms with van der Waals surface area (Å²) >= 11 is 1.52. The van der Waals surface area contributed by atoms with E-state index in [1.165, 1.54) is 31.0 Å². The van der Waals surface area contributed by atoms with Crippen molar-refractivity contribution >= 4 is 23.2 Å². The summed E-state index contributed by atoms with van der Waals surface area (Å²) in [5.41, 5.74) is 1.05. The number of thioether (sulfide) groups is 1. The van der Waals surface area contributed by atoms with Crippen molar-refractivity contribution in [1.82, 2.24) is 14.7 Å². The molecule has 1 N–H and O–H groups in total. The van der Waals surface area contributed by atoms with Gasteiger partial charge < -0.3 is 5.32 Å². The summed E-state index contributed by atoms with van der Waals surface area (Å²) < 4.78 is 2.03. The molecule has 2 aromatic heterocycles. The molecule has 0 bridgehead atoms. The van der Waals surface area contributed by atoms with E-state index in [2.05, 4.69) is 17.2 Å². The number of hydrogen-bond acceptors (Lipinski definition) is 3. The van der Waals surface area contributed by atoms with E-state index >= 15 is 0 Å². The number of imidazole rings is 1. The first kappa shape index (κ1) is 15.4. The van der Waals surface area contributed by atoms with E-state index in [0.717, 1.165) is 17.1 Å². The largest absolute Gasteiger partial charge is 0.352 e. The van der Waals surface area contributed by atoms with Crippen LogP contribution in [-0.4, -0.2) is 26.6 Å². The highest BCUT2D eigenvalue weighted by molar-refractivity contribution is 8.00. The Balaban J connectivity index is 1.63. The summed E-state index contributed by atoms with van der Waals surface area (Å²) in [4.78, 5) is 16.9. The fraction of sp³-hybridized carbons (Fsp3) is 0.529. The fourth-order valence-corrected chi connectivity index (χ4v) is 3.93. The summed E-state index contributed by atoms with van der Waals surface area (Å²) in [6.07, 6.45) is 8.67. The molecule has 22 heavy (non-hydrogen) atoms. The Bertz CT molecular complexity index is 654. The number of amides is 1. The Kier molecular flexibility index (Phi) is 4.71. The van der Waals surface area contributed by atoms with Crippen LogP contribution >= 0.6 is 11.8 Å². The van der Waals surface area contributed by atoms with Crippen LogP contribution in [0.2, 0.25) is 0 Å². The van der Waals surface area contributed by atoms with Crippen LogP contribution in [0.3, 0.4) is 0 Å². The number of fused-ring (bicyclic) bond motifs is 1. The molecule has 0 saturated heterocycles. The molecule has 3 atom stereocenters. The Hall–Kier alpha value is -1.49. The lowest BCUT2D eigenvalue weighted by Gasteiger charge is -2.30. The summed E-state index contributed by atoms with van der Waals surface area (Å²) in [5, 5.41) is 3.96. The number of rotatable bonds is 4. The average molecular weight is 317 g/mol. The second-order valence-electron chi connectivity index (χ2n) is 6.17. The zero-order chi connectivity index (χ0) is 15.5. The van der Waals surface area contributed by atoms with E-state index in [1.807, 2.05) is 41.9 Å². The van der Waals surface area contributed by atoms with Crippen LogP contribution < -0.4 is 5.32 Å². The third-order valence-electron chi connectivity index (χ3n) is 4.50. The standard InChI is InChI=1S/C17H23N3OS/c1-12-7-3-4-9-15(12)19-16(21)13(2)22-17-18-11-14-8-5-6-10-20(14)17/h5-6,8,10-13,15H,3-4,7,9H2,1-2H3,(H,19,21)/t12-,13+,15+/m1/s1. The van der Waals surface area contributed by atoms with Crippen molar-refractivity contribution < 1.29 is 4.79 Å². The average Bonchev–Trinajstić information content (AvgIpc) is 2.93. The summed E-state index contributed by atoms with van der Waals surface area (Å²) in [6, 6.07) is 6.33. The van der Waals surface area contributed by atoms with Gasteiger partial charge in [-0.2, -0.15) is 0 Å². The Morgan fingerprint density at radius 2 is 2.23 bits per heavy atom. The van der Waals surface area contributed by atoms with Gasteiger partial charge in [-0.3, -0.25) is 9.20 Å². The molecule has 0 aliphatic heterocycles. The normalized spacial score (nSPS) is 23.4. The molecule has 1 aliphatic carbocycles. The van der Waals surface area contributed by atoms with Gasteiger partial charge in [0.05, 0.1) is 17.0 Å². The lowest BCUT2D eigenvalue weighted by atomic mass is 9.86. The van der Waals surface area contributed by atoms with Crippen LogP contribution in [0.4, 0.5) is 0 Å². The molecule has 2 heterocycles. The van der Waals surface area contributed by atoms with Crippen LogP contribution in [0, 0.1) is 5.92 Å². The summed E-state index contributed by atoms with van der Waals surface area (Å²) in [5.74, 6) is 0.707. The summed E-state index contributed by atoms with van der Waals surface area (Å²) in [6.45, 7) is 4.20. The topological polar surface area (TPSA) is 46.4 Å². The van der Waals surface area contributed by atoms with E-state index in [1.54, 1.807) is 0 Å². The molecule has 4 nitrogen and oxygen atoms in total. The maximum absolute atomic E-state index is 12.5. The van der Waals surface area contributed by atoms with Crippen molar-refractivity contribution in [2.24, 2.45) is 5.92 Å². The van der Waals surface area contributed by atoms with Crippen LogP contribution in [0.25, 0.3) is 5.52 Å². The molecule has 1 saturated carbocycles. The van der Waals surface area contributed by atoms with Crippen molar-refractivity contribution in [3.8, 4) is 0 Å². The first-order chi connectivity index (χ1) is 10.6. The Labute approximate surface area is 135 Å². The molecule has 5 heteroatoms. The molecule has 0 radical (unpaired) electrons. The molecule has 0 aromatic carbocycles. The van der Waals surface area contributed by atoms with E-state index in [-0.39, 0.29) is 11.2 Å². The van der Waals surface area contributed by atoms with Gasteiger partial charge in [-0.25, -0.2) is 4.98 Å². The molecule has 3 rings (SSSR count). The monoisotopic (exact) mass is 317 g/mol. The molecular formula is C17H23N3OS. The molecular weight excluding hydrogens is 294 g/mol. The first-order valence-corrected chi connectivity index (χ1v) is 8.92. The van der Waals surface area contributed by atoms with Crippen molar-refractivity contribution in [3.05, 3.63) is 30.6 Å². The number of carbonyl (C=O) groups excluding carboxylic acids is 1. The van der Waals surface area contributed by atoms with Gasteiger partial charge in [-0.05, 0) is 37.8 Å². The fourth-order valence-electron chi connectivity index (χ4n) is 3.05. The number of nitrogens with zero attached hydrogens (tertiary/aromatic N) is 2. The predicted octanol–water partition coefficient (Wildman–Crippen LogP) is 3.51. The SMILES string of the molecule is C[C@H](Sc1ncc2ccccn12)C(=O)N[C@H]1CCCC[C@H]1C. The summed E-state index contributed by atoms with van der Waals surface area (Å²) in [7, 11) is 0. The van der Waals surface area contributed by atoms with Gasteiger partial charge in [-0.15, -0.1) is 0 Å². The zero-order valence-corrected chi connectivity index (χ0v) is 14.0. The lowest BCUT2D eigenvalue weighted by Crippen LogP contribution is -2.44. The second kappa shape index (κ2) is 6.73. The van der Waals surface area contributed by atoms with Crippen LogP contribution in [-0.2, 0) is 4.79 Å². The van der Waals surface area contributed by atoms with E-state index in [0.29, 0.717) is 12.0 Å². The number of aromatic nitrogens is 2. The molecule has 1 amide bonds. The molecule has 2 aromatic rings. The van der Waals surface area contributed by atoms with E-state index < -0.39 is 0 Å². The highest BCUT2D eigenvalue weighted by Crippen LogP contribution is 2.26. The van der Waals surface area contributed by atoms with Crippen molar-refractivity contribution in [1.29, 1.82) is 0 Å². The van der Waals surface area contributed by atoms with Crippen LogP contribution in [0.15, 0.2) is 35.7 Å². The minimum atomic E-state index is -0.139. The van der Waals surface area contributed by atoms with Gasteiger partial charge in [0.2, 0.25) is 5.91 Å². The minimum absolute atomic E-state index is 0.122. The molecule has 118 valence electrons. The van der Waals surface area contributed by atoms with E-state index in [9.17, 15) is 4.79 Å². The molecule has 0 spiro atoms. The second-order valence-corrected chi connectivity index (χ2v) is 7.48. The van der Waals surface area contributed by atoms with Crippen LogP contribution in [0.1, 0.15) is 39.5 Å². The third-order valence-corrected chi connectivity index (χ3v) is 5.58. The molecule has 0 unspecified atom stereocenters. The maximum Gasteiger partial charge on any atom is 0.233 e. The predicted molar refractivity (Wildman–Crippen MR) is 90.1 cm³/mol. The van der Waals surface area contributed by atoms with Gasteiger partial charge in [0, 0.05) is 12.2 Å². The number of nitrogens with one attached hydrogen (secondary N) is 1. The van der Waals surface area contributed by atoms with Crippen molar-refractivity contribution in [3.63, 3.8) is 0 Å². The number of hydrogen-bond donors (Lipinski definition) is 1. The zero-order valence-electron chi connectivity index (χ0n) is 13.2. The lowest BCUT2D eigenvalue weighted by molar-refractivity contribution is -0.121. The smallest absolute Gasteiger partial charge is 0.233 e. The van der Waals surface area contributed by atoms with Gasteiger partial charge in [0.15, 0.2) is 5.16 Å². The Morgan fingerprint density at radius 1 is 1.41 bits per heavy atom. The van der Waals surface area contributed by atoms with E-state index in [4.69, 9.17) is 0 Å². The number of pyridine rings is 1. The molecule has 1 fully saturated rings. The first-order valence-electron chi connectivity index (χ1n) is 8.04. The van der Waals surface area contributed by atoms with Gasteiger partial charge >= 0.3 is 0 Å². The molecule has 1 aliphatic rings. The minimum Gasteiger partial charge on any atom is -0.352 e. The highest BCUT2D eigenvalue weighted by atomic mass is 32.2. The van der Waals surface area contributed by atoms with Crippen LogP contribution in [0.5, 0.6) is 0 Å². The third kappa shape index (κ3) is 3.29. The van der Waals surface area contributed by atoms with Gasteiger partial charge in [0.25, 0.3) is 0 Å². The van der Waals surface area contributed by atoms with Crippen molar-refractivity contribution in [2.45, 2.75) is 56.0 Å². The highest BCUT2D eigenvalue weighted by Gasteiger charge is 2.25.